The van der Waals surface area contributed by atoms with Crippen LogP contribution in [0.1, 0.15) is 21.7 Å². The lowest BCUT2D eigenvalue weighted by Gasteiger charge is -2.02. The van der Waals surface area contributed by atoms with Crippen LogP contribution in [0.25, 0.3) is 22.6 Å². The molecule has 0 atom stereocenters. The second-order valence-corrected chi connectivity index (χ2v) is 6.84. The van der Waals surface area contributed by atoms with E-state index in [1.54, 1.807) is 30.3 Å². The maximum Gasteiger partial charge on any atom is 0.291 e. The molecule has 0 spiro atoms. The maximum absolute atomic E-state index is 12.2. The maximum atomic E-state index is 12.2. The van der Waals surface area contributed by atoms with Gasteiger partial charge in [0.2, 0.25) is 5.89 Å². The number of hydrogen-bond donors (Lipinski definition) is 1. The Bertz CT molecular complexity index is 1130. The smallest absolute Gasteiger partial charge is 0.291 e. The summed E-state index contributed by atoms with van der Waals surface area (Å²) in [4.78, 5) is 16.7. The Morgan fingerprint density at radius 2 is 1.85 bits per heavy atom. The van der Waals surface area contributed by atoms with E-state index < -0.39 is 0 Å². The van der Waals surface area contributed by atoms with Crippen molar-refractivity contribution >= 4 is 38.6 Å². The van der Waals surface area contributed by atoms with Gasteiger partial charge >= 0.3 is 0 Å². The molecule has 2 aromatic heterocycles. The van der Waals surface area contributed by atoms with Crippen molar-refractivity contribution in [3.63, 3.8) is 0 Å². The normalized spacial score (nSPS) is 11.0. The lowest BCUT2D eigenvalue weighted by molar-refractivity contribution is 0.0995. The van der Waals surface area contributed by atoms with Crippen molar-refractivity contribution in [3.05, 3.63) is 70.1 Å². The number of aromatic nitrogens is 1. The quantitative estimate of drug-likeness (QED) is 0.468. The van der Waals surface area contributed by atoms with Crippen molar-refractivity contribution < 1.29 is 13.6 Å². The van der Waals surface area contributed by atoms with E-state index >= 15 is 0 Å². The van der Waals surface area contributed by atoms with Gasteiger partial charge in [-0.05, 0) is 83.4 Å². The van der Waals surface area contributed by atoms with Gasteiger partial charge in [0, 0.05) is 11.3 Å². The number of hydrogen-bond acceptors (Lipinski definition) is 4. The molecule has 1 N–H and O–H groups in total. The van der Waals surface area contributed by atoms with Crippen molar-refractivity contribution in [3.8, 4) is 11.5 Å². The summed E-state index contributed by atoms with van der Waals surface area (Å²) >= 11 is 3.18. The van der Waals surface area contributed by atoms with Crippen LogP contribution >= 0.6 is 15.9 Å². The second kappa shape index (κ2) is 6.46. The van der Waals surface area contributed by atoms with Crippen LogP contribution in [0.15, 0.2) is 62.0 Å². The van der Waals surface area contributed by atoms with Crippen molar-refractivity contribution in [2.75, 3.05) is 5.32 Å². The Labute approximate surface area is 158 Å². The topological polar surface area (TPSA) is 68.3 Å². The molecular weight excluding hydrogens is 396 g/mol. The molecule has 0 aliphatic carbocycles. The molecule has 6 heteroatoms. The first-order chi connectivity index (χ1) is 12.5. The average Bonchev–Trinajstić information content (AvgIpc) is 3.23. The number of benzene rings is 2. The third-order valence-corrected chi connectivity index (χ3v) is 4.62. The Balaban J connectivity index is 1.63. The highest BCUT2D eigenvalue weighted by atomic mass is 79.9. The molecule has 4 aromatic rings. The molecule has 0 aliphatic rings. The van der Waals surface area contributed by atoms with Gasteiger partial charge in [0.05, 0.1) is 0 Å². The van der Waals surface area contributed by atoms with Crippen molar-refractivity contribution in [2.24, 2.45) is 0 Å². The number of aryl methyl sites for hydroxylation is 2. The summed E-state index contributed by atoms with van der Waals surface area (Å²) in [5.74, 6) is 0.461. The number of amides is 1. The number of halogens is 1. The molecule has 0 radical (unpaired) electrons. The number of carbonyl (C=O) groups excluding carboxylic acids is 1. The molecule has 2 heterocycles. The number of oxazole rings is 1. The Hall–Kier alpha value is -2.86. The molecule has 0 saturated heterocycles. The zero-order valence-electron chi connectivity index (χ0n) is 14.2. The van der Waals surface area contributed by atoms with Crippen LogP contribution in [-0.4, -0.2) is 10.9 Å². The van der Waals surface area contributed by atoms with Crippen LogP contribution in [0.5, 0.6) is 0 Å². The van der Waals surface area contributed by atoms with Crippen LogP contribution in [0, 0.1) is 13.8 Å². The molecule has 2 aromatic carbocycles. The third kappa shape index (κ3) is 3.15. The number of nitrogens with one attached hydrogen (secondary N) is 1. The van der Waals surface area contributed by atoms with Gasteiger partial charge in [0.1, 0.15) is 5.52 Å². The van der Waals surface area contributed by atoms with Crippen LogP contribution in [0.3, 0.4) is 0 Å². The Morgan fingerprint density at radius 1 is 1.00 bits per heavy atom. The number of furan rings is 1. The number of rotatable bonds is 3. The summed E-state index contributed by atoms with van der Waals surface area (Å²) in [5, 5.41) is 2.79. The van der Waals surface area contributed by atoms with E-state index in [0.29, 0.717) is 27.3 Å². The monoisotopic (exact) mass is 410 g/mol. The standard InChI is InChI=1S/C20H15BrN2O3/c1-11-3-4-13(9-12(11)2)20-23-15-10-14(5-6-16(15)26-20)22-19(24)17-7-8-18(21)25-17/h3-10H,1-2H3,(H,22,24). The van der Waals surface area contributed by atoms with Gasteiger partial charge in [-0.15, -0.1) is 0 Å². The summed E-state index contributed by atoms with van der Waals surface area (Å²) in [7, 11) is 0. The van der Waals surface area contributed by atoms with Crippen molar-refractivity contribution in [1.29, 1.82) is 0 Å². The first kappa shape index (κ1) is 16.6. The van der Waals surface area contributed by atoms with E-state index in [2.05, 4.69) is 46.1 Å². The highest BCUT2D eigenvalue weighted by Gasteiger charge is 2.13. The first-order valence-corrected chi connectivity index (χ1v) is 8.84. The number of fused-ring (bicyclic) bond motifs is 1. The molecule has 130 valence electrons. The summed E-state index contributed by atoms with van der Waals surface area (Å²) in [6.45, 7) is 4.12. The predicted octanol–water partition coefficient (Wildman–Crippen LogP) is 5.72. The third-order valence-electron chi connectivity index (χ3n) is 4.20. The van der Waals surface area contributed by atoms with Crippen molar-refractivity contribution in [1.82, 2.24) is 4.98 Å². The molecule has 0 bridgehead atoms. The van der Waals surface area contributed by atoms with Gasteiger partial charge in [-0.1, -0.05) is 6.07 Å². The minimum atomic E-state index is -0.326. The fourth-order valence-electron chi connectivity index (χ4n) is 2.63. The van der Waals surface area contributed by atoms with E-state index in [9.17, 15) is 4.79 Å². The van der Waals surface area contributed by atoms with Gasteiger partial charge < -0.3 is 14.2 Å². The SMILES string of the molecule is Cc1ccc(-c2nc3cc(NC(=O)c4ccc(Br)o4)ccc3o2)cc1C. The average molecular weight is 411 g/mol. The zero-order chi connectivity index (χ0) is 18.3. The Kier molecular flexibility index (Phi) is 4.12. The molecule has 0 fully saturated rings. The molecule has 1 amide bonds. The summed E-state index contributed by atoms with van der Waals surface area (Å²) in [6, 6.07) is 14.7. The summed E-state index contributed by atoms with van der Waals surface area (Å²) in [5.41, 5.74) is 5.29. The Morgan fingerprint density at radius 3 is 2.58 bits per heavy atom. The van der Waals surface area contributed by atoms with E-state index in [1.807, 2.05) is 12.1 Å². The zero-order valence-corrected chi connectivity index (χ0v) is 15.8. The van der Waals surface area contributed by atoms with Gasteiger partial charge in [-0.2, -0.15) is 0 Å². The summed E-state index contributed by atoms with van der Waals surface area (Å²) < 4.78 is 11.6. The first-order valence-electron chi connectivity index (χ1n) is 8.04. The fourth-order valence-corrected chi connectivity index (χ4v) is 2.94. The fraction of sp³-hybridized carbons (Fsp3) is 0.100. The number of carbonyl (C=O) groups is 1. The number of anilines is 1. The molecule has 26 heavy (non-hydrogen) atoms. The highest BCUT2D eigenvalue weighted by molar-refractivity contribution is 9.10. The van der Waals surface area contributed by atoms with E-state index in [0.717, 1.165) is 5.56 Å². The summed E-state index contributed by atoms with van der Waals surface area (Å²) in [6.07, 6.45) is 0. The van der Waals surface area contributed by atoms with E-state index in [4.69, 9.17) is 8.83 Å². The van der Waals surface area contributed by atoms with Crippen LogP contribution in [0.4, 0.5) is 5.69 Å². The van der Waals surface area contributed by atoms with Gasteiger partial charge in [-0.25, -0.2) is 4.98 Å². The lowest BCUT2D eigenvalue weighted by atomic mass is 10.1. The molecule has 5 nitrogen and oxygen atoms in total. The van der Waals surface area contributed by atoms with Crippen molar-refractivity contribution in [2.45, 2.75) is 13.8 Å². The minimum absolute atomic E-state index is 0.230. The van der Waals surface area contributed by atoms with E-state index in [1.165, 1.54) is 11.1 Å². The molecular formula is C20H15BrN2O3. The predicted molar refractivity (Wildman–Crippen MR) is 103 cm³/mol. The van der Waals surface area contributed by atoms with E-state index in [-0.39, 0.29) is 11.7 Å². The molecule has 0 aliphatic heterocycles. The lowest BCUT2D eigenvalue weighted by Crippen LogP contribution is -2.10. The molecule has 4 rings (SSSR count). The molecule has 0 unspecified atom stereocenters. The largest absolute Gasteiger partial charge is 0.444 e. The minimum Gasteiger partial charge on any atom is -0.444 e. The molecule has 0 saturated carbocycles. The second-order valence-electron chi connectivity index (χ2n) is 6.06. The number of nitrogens with zero attached hydrogens (tertiary/aromatic N) is 1. The van der Waals surface area contributed by atoms with Crippen LogP contribution in [-0.2, 0) is 0 Å². The van der Waals surface area contributed by atoms with Gasteiger partial charge in [0.15, 0.2) is 16.0 Å². The van der Waals surface area contributed by atoms with Crippen LogP contribution < -0.4 is 5.32 Å². The van der Waals surface area contributed by atoms with Crippen LogP contribution in [0.2, 0.25) is 0 Å². The van der Waals surface area contributed by atoms with Gasteiger partial charge in [0.25, 0.3) is 5.91 Å². The van der Waals surface area contributed by atoms with Gasteiger partial charge in [-0.3, -0.25) is 4.79 Å². The highest BCUT2D eigenvalue weighted by Crippen LogP contribution is 2.27.